The van der Waals surface area contributed by atoms with Gasteiger partial charge in [-0.25, -0.2) is 14.2 Å². The summed E-state index contributed by atoms with van der Waals surface area (Å²) in [5, 5.41) is 6.32. The monoisotopic (exact) mass is 460 g/mol. The molecule has 1 saturated carbocycles. The first kappa shape index (κ1) is 21.6. The van der Waals surface area contributed by atoms with Gasteiger partial charge in [-0.2, -0.15) is 13.2 Å². The van der Waals surface area contributed by atoms with Gasteiger partial charge < -0.3 is 20.3 Å². The SMILES string of the molecule is CNC(=O)c1csc2c(C(F)(F)F)cc(N3CCC(OC(=O)NC4CC4)C(F)C3)nc12. The first-order chi connectivity index (χ1) is 14.7. The van der Waals surface area contributed by atoms with E-state index in [1.54, 1.807) is 0 Å². The van der Waals surface area contributed by atoms with Crippen LogP contribution in [0.25, 0.3) is 10.2 Å². The van der Waals surface area contributed by atoms with Crippen LogP contribution >= 0.6 is 11.3 Å². The second-order valence-corrected chi connectivity index (χ2v) is 8.42. The molecule has 2 aromatic rings. The van der Waals surface area contributed by atoms with Crippen molar-refractivity contribution < 1.29 is 31.9 Å². The first-order valence-corrected chi connectivity index (χ1v) is 10.6. The molecule has 7 nitrogen and oxygen atoms in total. The van der Waals surface area contributed by atoms with Crippen LogP contribution in [0.15, 0.2) is 11.4 Å². The number of piperidine rings is 1. The normalized spacial score (nSPS) is 21.8. The largest absolute Gasteiger partial charge is 0.443 e. The van der Waals surface area contributed by atoms with Gasteiger partial charge in [0.1, 0.15) is 11.9 Å². The highest BCUT2D eigenvalue weighted by molar-refractivity contribution is 7.17. The third-order valence-electron chi connectivity index (χ3n) is 5.25. The number of nitrogens with one attached hydrogen (secondary N) is 2. The fraction of sp³-hybridized carbons (Fsp3) is 0.526. The van der Waals surface area contributed by atoms with E-state index in [9.17, 15) is 27.2 Å². The van der Waals surface area contributed by atoms with E-state index in [4.69, 9.17) is 4.74 Å². The molecule has 3 heterocycles. The number of thiophene rings is 1. The van der Waals surface area contributed by atoms with E-state index in [2.05, 4.69) is 15.6 Å². The van der Waals surface area contributed by atoms with Gasteiger partial charge in [0.25, 0.3) is 5.91 Å². The molecule has 2 aromatic heterocycles. The average molecular weight is 460 g/mol. The lowest BCUT2D eigenvalue weighted by atomic mass is 10.1. The highest BCUT2D eigenvalue weighted by atomic mass is 32.1. The fourth-order valence-electron chi connectivity index (χ4n) is 3.45. The zero-order valence-corrected chi connectivity index (χ0v) is 17.3. The summed E-state index contributed by atoms with van der Waals surface area (Å²) in [6.07, 6.45) is -6.10. The minimum Gasteiger partial charge on any atom is -0.443 e. The maximum absolute atomic E-state index is 14.7. The van der Waals surface area contributed by atoms with E-state index < -0.39 is 36.0 Å². The summed E-state index contributed by atoms with van der Waals surface area (Å²) in [5.41, 5.74) is -0.973. The maximum Gasteiger partial charge on any atom is 0.417 e. The van der Waals surface area contributed by atoms with Crippen LogP contribution in [0.1, 0.15) is 35.2 Å². The zero-order valence-electron chi connectivity index (χ0n) is 16.5. The summed E-state index contributed by atoms with van der Waals surface area (Å²) < 4.78 is 60.7. The molecular formula is C19H20F4N4O3S. The Balaban J connectivity index is 1.58. The lowest BCUT2D eigenvalue weighted by molar-refractivity contribution is -0.136. The van der Waals surface area contributed by atoms with E-state index in [-0.39, 0.29) is 47.2 Å². The molecule has 0 spiro atoms. The van der Waals surface area contributed by atoms with Gasteiger partial charge >= 0.3 is 12.3 Å². The Hall–Kier alpha value is -2.63. The van der Waals surface area contributed by atoms with Crippen LogP contribution in [0.2, 0.25) is 0 Å². The van der Waals surface area contributed by atoms with Crippen LogP contribution in [-0.2, 0) is 10.9 Å². The first-order valence-electron chi connectivity index (χ1n) is 9.75. The van der Waals surface area contributed by atoms with Crippen LogP contribution in [0.4, 0.5) is 28.2 Å². The van der Waals surface area contributed by atoms with Crippen molar-refractivity contribution in [2.45, 2.75) is 43.8 Å². The standard InChI is InChI=1S/C19H20F4N4O3S/c1-24-17(28)10-8-31-16-11(19(21,22)23)6-14(26-15(10)16)27-5-4-13(12(20)7-27)30-18(29)25-9-2-3-9/h6,8-9,12-13H,2-5,7H2,1H3,(H,24,28)(H,25,29). The van der Waals surface area contributed by atoms with Gasteiger partial charge in [-0.3, -0.25) is 4.79 Å². The van der Waals surface area contributed by atoms with Crippen LogP contribution in [-0.4, -0.2) is 55.4 Å². The zero-order chi connectivity index (χ0) is 22.3. The Bertz CT molecular complexity index is 1010. The van der Waals surface area contributed by atoms with Crippen molar-refractivity contribution in [2.24, 2.45) is 0 Å². The second-order valence-electron chi connectivity index (χ2n) is 7.55. The van der Waals surface area contributed by atoms with Crippen molar-refractivity contribution in [3.63, 3.8) is 0 Å². The number of hydrogen-bond acceptors (Lipinski definition) is 6. The molecule has 2 fully saturated rings. The number of pyridine rings is 1. The lowest BCUT2D eigenvalue weighted by Gasteiger charge is -2.35. The van der Waals surface area contributed by atoms with E-state index in [1.165, 1.54) is 17.3 Å². The highest BCUT2D eigenvalue weighted by Gasteiger charge is 2.38. The van der Waals surface area contributed by atoms with E-state index in [1.807, 2.05) is 0 Å². The topological polar surface area (TPSA) is 83.6 Å². The Morgan fingerprint density at radius 1 is 1.29 bits per heavy atom. The molecule has 1 saturated heterocycles. The molecule has 1 aliphatic heterocycles. The fourth-order valence-corrected chi connectivity index (χ4v) is 4.48. The minimum absolute atomic E-state index is 0.0293. The van der Waals surface area contributed by atoms with Gasteiger partial charge in [-0.15, -0.1) is 11.3 Å². The Labute approximate surface area is 178 Å². The summed E-state index contributed by atoms with van der Waals surface area (Å²) in [6, 6.07) is 0.947. The molecule has 0 bridgehead atoms. The molecule has 2 amide bonds. The third-order valence-corrected chi connectivity index (χ3v) is 6.25. The lowest BCUT2D eigenvalue weighted by Crippen LogP contribution is -2.48. The van der Waals surface area contributed by atoms with Crippen molar-refractivity contribution in [1.29, 1.82) is 0 Å². The van der Waals surface area contributed by atoms with Crippen LogP contribution in [0.5, 0.6) is 0 Å². The number of carbonyl (C=O) groups excluding carboxylic acids is 2. The van der Waals surface area contributed by atoms with E-state index >= 15 is 0 Å². The molecule has 2 unspecified atom stereocenters. The van der Waals surface area contributed by atoms with Crippen LogP contribution in [0, 0.1) is 0 Å². The van der Waals surface area contributed by atoms with Gasteiger partial charge in [0.15, 0.2) is 6.17 Å². The number of ether oxygens (including phenoxy) is 1. The van der Waals surface area contributed by atoms with Gasteiger partial charge in [-0.1, -0.05) is 0 Å². The van der Waals surface area contributed by atoms with Gasteiger partial charge in [-0.05, 0) is 18.9 Å². The molecule has 31 heavy (non-hydrogen) atoms. The predicted molar refractivity (Wildman–Crippen MR) is 106 cm³/mol. The number of rotatable bonds is 4. The number of nitrogens with zero attached hydrogens (tertiary/aromatic N) is 2. The van der Waals surface area contributed by atoms with Crippen LogP contribution < -0.4 is 15.5 Å². The molecular weight excluding hydrogens is 440 g/mol. The quantitative estimate of drug-likeness (QED) is 0.683. The van der Waals surface area contributed by atoms with E-state index in [0.29, 0.717) is 0 Å². The second kappa shape index (κ2) is 8.13. The van der Waals surface area contributed by atoms with Gasteiger partial charge in [0, 0.05) is 31.4 Å². The highest BCUT2D eigenvalue weighted by Crippen LogP contribution is 2.40. The van der Waals surface area contributed by atoms with Crippen molar-refractivity contribution in [3.8, 4) is 0 Å². The third kappa shape index (κ3) is 4.53. The van der Waals surface area contributed by atoms with Crippen molar-refractivity contribution in [3.05, 3.63) is 22.6 Å². The molecule has 0 aromatic carbocycles. The summed E-state index contributed by atoms with van der Waals surface area (Å²) in [5.74, 6) is -0.631. The van der Waals surface area contributed by atoms with Crippen molar-refractivity contribution in [1.82, 2.24) is 15.6 Å². The Kier molecular flexibility index (Phi) is 5.67. The van der Waals surface area contributed by atoms with Crippen LogP contribution in [0.3, 0.4) is 0 Å². The molecule has 1 aliphatic carbocycles. The number of amides is 2. The number of hydrogen-bond donors (Lipinski definition) is 2. The summed E-state index contributed by atoms with van der Waals surface area (Å²) in [4.78, 5) is 29.5. The number of carbonyl (C=O) groups is 2. The summed E-state index contributed by atoms with van der Waals surface area (Å²) in [7, 11) is 1.37. The molecule has 2 atom stereocenters. The Morgan fingerprint density at radius 3 is 2.65 bits per heavy atom. The summed E-state index contributed by atoms with van der Waals surface area (Å²) >= 11 is 0.784. The Morgan fingerprint density at radius 2 is 2.03 bits per heavy atom. The minimum atomic E-state index is -4.67. The number of alkyl halides is 4. The summed E-state index contributed by atoms with van der Waals surface area (Å²) in [6.45, 7) is -0.131. The molecule has 4 rings (SSSR count). The van der Waals surface area contributed by atoms with E-state index in [0.717, 1.165) is 30.2 Å². The molecule has 0 radical (unpaired) electrons. The average Bonchev–Trinajstić information content (AvgIpc) is 3.42. The number of fused-ring (bicyclic) bond motifs is 1. The molecule has 2 aliphatic rings. The number of aromatic nitrogens is 1. The molecule has 12 heteroatoms. The number of halogens is 4. The van der Waals surface area contributed by atoms with Gasteiger partial charge in [0.05, 0.1) is 27.9 Å². The van der Waals surface area contributed by atoms with Crippen molar-refractivity contribution in [2.75, 3.05) is 25.0 Å². The van der Waals surface area contributed by atoms with Crippen molar-refractivity contribution >= 4 is 39.4 Å². The maximum atomic E-state index is 14.7. The number of alkyl carbamates (subject to hydrolysis) is 1. The van der Waals surface area contributed by atoms with Gasteiger partial charge in [0.2, 0.25) is 0 Å². The number of anilines is 1. The smallest absolute Gasteiger partial charge is 0.417 e. The molecule has 168 valence electrons. The predicted octanol–water partition coefficient (Wildman–Crippen LogP) is 3.48. The molecule has 2 N–H and O–H groups in total.